The number of aromatic nitrogens is 1. The van der Waals surface area contributed by atoms with Gasteiger partial charge in [0.25, 0.3) is 0 Å². The Morgan fingerprint density at radius 1 is 1.37 bits per heavy atom. The molecule has 3 N–H and O–H groups in total. The fourth-order valence-electron chi connectivity index (χ4n) is 1.67. The van der Waals surface area contributed by atoms with Crippen molar-refractivity contribution in [2.75, 3.05) is 18.0 Å². The van der Waals surface area contributed by atoms with Gasteiger partial charge >= 0.3 is 0 Å². The van der Waals surface area contributed by atoms with E-state index < -0.39 is 5.54 Å². The van der Waals surface area contributed by atoms with E-state index in [2.05, 4.69) is 29.0 Å². The Balaban J connectivity index is 2.60. The molecule has 19 heavy (non-hydrogen) atoms. The van der Waals surface area contributed by atoms with Crippen LogP contribution in [0.25, 0.3) is 0 Å². The van der Waals surface area contributed by atoms with E-state index in [1.165, 1.54) is 0 Å². The van der Waals surface area contributed by atoms with Crippen molar-refractivity contribution < 1.29 is 4.79 Å². The van der Waals surface area contributed by atoms with Gasteiger partial charge < -0.3 is 16.0 Å². The lowest BCUT2D eigenvalue weighted by atomic mass is 10.1. The Labute approximate surface area is 115 Å². The van der Waals surface area contributed by atoms with Gasteiger partial charge in [-0.25, -0.2) is 4.98 Å². The summed E-state index contributed by atoms with van der Waals surface area (Å²) in [6.07, 6.45) is 1.79. The molecule has 1 rings (SSSR count). The summed E-state index contributed by atoms with van der Waals surface area (Å²) in [4.78, 5) is 18.2. The number of nitrogens with two attached hydrogens (primary N) is 1. The zero-order chi connectivity index (χ0) is 14.5. The standard InChI is InChI=1S/C14H24N4O/c1-5-18(6-2)12-8-7-11(9-16-12)10-17-13(19)14(3,4)15/h7-9H,5-6,10,15H2,1-4H3,(H,17,19). The third-order valence-corrected chi connectivity index (χ3v) is 2.93. The van der Waals surface area contributed by atoms with Crippen LogP contribution in [0.3, 0.4) is 0 Å². The number of anilines is 1. The van der Waals surface area contributed by atoms with Gasteiger partial charge in [0.2, 0.25) is 5.91 Å². The van der Waals surface area contributed by atoms with Gasteiger partial charge in [0, 0.05) is 25.8 Å². The van der Waals surface area contributed by atoms with Crippen LogP contribution in [0.5, 0.6) is 0 Å². The molecule has 106 valence electrons. The van der Waals surface area contributed by atoms with Crippen molar-refractivity contribution in [3.8, 4) is 0 Å². The third-order valence-electron chi connectivity index (χ3n) is 2.93. The highest BCUT2D eigenvalue weighted by atomic mass is 16.2. The van der Waals surface area contributed by atoms with Crippen LogP contribution >= 0.6 is 0 Å². The quantitative estimate of drug-likeness (QED) is 0.812. The largest absolute Gasteiger partial charge is 0.357 e. The summed E-state index contributed by atoms with van der Waals surface area (Å²) in [7, 11) is 0. The van der Waals surface area contributed by atoms with Gasteiger partial charge in [-0.15, -0.1) is 0 Å². The molecular formula is C14H24N4O. The second-order valence-corrected chi connectivity index (χ2v) is 5.10. The Morgan fingerprint density at radius 2 is 2.00 bits per heavy atom. The molecule has 0 unspecified atom stereocenters. The van der Waals surface area contributed by atoms with Crippen LogP contribution < -0.4 is 16.0 Å². The van der Waals surface area contributed by atoms with E-state index in [-0.39, 0.29) is 5.91 Å². The van der Waals surface area contributed by atoms with Crippen LogP contribution in [0, 0.1) is 0 Å². The van der Waals surface area contributed by atoms with Gasteiger partial charge in [0.15, 0.2) is 0 Å². The summed E-state index contributed by atoms with van der Waals surface area (Å²) >= 11 is 0. The molecule has 0 bridgehead atoms. The maximum atomic E-state index is 11.6. The van der Waals surface area contributed by atoms with E-state index >= 15 is 0 Å². The van der Waals surface area contributed by atoms with Gasteiger partial charge in [0.1, 0.15) is 5.82 Å². The van der Waals surface area contributed by atoms with E-state index in [1.54, 1.807) is 20.0 Å². The Morgan fingerprint density at radius 3 is 2.42 bits per heavy atom. The molecule has 0 saturated carbocycles. The van der Waals surface area contributed by atoms with Crippen molar-refractivity contribution >= 4 is 11.7 Å². The molecular weight excluding hydrogens is 240 g/mol. The van der Waals surface area contributed by atoms with Gasteiger partial charge in [-0.05, 0) is 39.3 Å². The Bertz CT molecular complexity index is 404. The molecule has 5 nitrogen and oxygen atoms in total. The molecule has 0 aliphatic rings. The number of carbonyl (C=O) groups is 1. The molecule has 1 aromatic rings. The zero-order valence-corrected chi connectivity index (χ0v) is 12.2. The summed E-state index contributed by atoms with van der Waals surface area (Å²) in [5.74, 6) is 0.791. The molecule has 0 aliphatic heterocycles. The fourth-order valence-corrected chi connectivity index (χ4v) is 1.67. The maximum absolute atomic E-state index is 11.6. The lowest BCUT2D eigenvalue weighted by molar-refractivity contribution is -0.125. The lowest BCUT2D eigenvalue weighted by Gasteiger charge is -2.20. The van der Waals surface area contributed by atoms with Gasteiger partial charge in [0.05, 0.1) is 5.54 Å². The predicted molar refractivity (Wildman–Crippen MR) is 77.9 cm³/mol. The molecule has 0 aliphatic carbocycles. The van der Waals surface area contributed by atoms with Crippen molar-refractivity contribution in [1.82, 2.24) is 10.3 Å². The Kier molecular flexibility index (Phi) is 5.30. The van der Waals surface area contributed by atoms with Crippen molar-refractivity contribution in [2.45, 2.75) is 39.8 Å². The number of amides is 1. The van der Waals surface area contributed by atoms with Crippen LogP contribution in [-0.4, -0.2) is 29.5 Å². The summed E-state index contributed by atoms with van der Waals surface area (Å²) in [5.41, 5.74) is 5.82. The van der Waals surface area contributed by atoms with Crippen molar-refractivity contribution in [3.05, 3.63) is 23.9 Å². The number of nitrogens with one attached hydrogen (secondary N) is 1. The molecule has 0 spiro atoms. The first-order chi connectivity index (χ1) is 8.88. The maximum Gasteiger partial charge on any atom is 0.239 e. The number of pyridine rings is 1. The second kappa shape index (κ2) is 6.52. The van der Waals surface area contributed by atoms with Gasteiger partial charge in [-0.2, -0.15) is 0 Å². The van der Waals surface area contributed by atoms with Gasteiger partial charge in [-0.1, -0.05) is 6.07 Å². The highest BCUT2D eigenvalue weighted by Gasteiger charge is 2.21. The molecule has 1 aromatic heterocycles. The summed E-state index contributed by atoms with van der Waals surface area (Å²) in [6.45, 7) is 9.88. The van der Waals surface area contributed by atoms with E-state index in [1.807, 2.05) is 12.1 Å². The summed E-state index contributed by atoms with van der Waals surface area (Å²) < 4.78 is 0. The predicted octanol–water partition coefficient (Wildman–Crippen LogP) is 1.28. The highest BCUT2D eigenvalue weighted by molar-refractivity contribution is 5.84. The molecule has 1 amide bonds. The topological polar surface area (TPSA) is 71.2 Å². The number of nitrogens with zero attached hydrogens (tertiary/aromatic N) is 2. The molecule has 0 aromatic carbocycles. The average molecular weight is 264 g/mol. The first kappa shape index (κ1) is 15.4. The minimum atomic E-state index is -0.853. The monoisotopic (exact) mass is 264 g/mol. The van der Waals surface area contributed by atoms with Crippen LogP contribution in [0.1, 0.15) is 33.3 Å². The summed E-state index contributed by atoms with van der Waals surface area (Å²) in [6, 6.07) is 3.95. The van der Waals surface area contributed by atoms with Crippen molar-refractivity contribution in [3.63, 3.8) is 0 Å². The Hall–Kier alpha value is -1.62. The molecule has 0 fully saturated rings. The third kappa shape index (κ3) is 4.52. The van der Waals surface area contributed by atoms with Crippen LogP contribution in [0.4, 0.5) is 5.82 Å². The minimum Gasteiger partial charge on any atom is -0.357 e. The van der Waals surface area contributed by atoms with Crippen LogP contribution in [-0.2, 0) is 11.3 Å². The molecule has 0 atom stereocenters. The summed E-state index contributed by atoms with van der Waals surface area (Å²) in [5, 5.41) is 2.80. The highest BCUT2D eigenvalue weighted by Crippen LogP contribution is 2.10. The smallest absolute Gasteiger partial charge is 0.239 e. The number of carbonyl (C=O) groups excluding carboxylic acids is 1. The minimum absolute atomic E-state index is 0.166. The molecule has 1 heterocycles. The molecule has 5 heteroatoms. The number of hydrogen-bond acceptors (Lipinski definition) is 4. The van der Waals surface area contributed by atoms with Crippen molar-refractivity contribution in [1.29, 1.82) is 0 Å². The first-order valence-corrected chi connectivity index (χ1v) is 6.65. The van der Waals surface area contributed by atoms with Crippen LogP contribution in [0.15, 0.2) is 18.3 Å². The fraction of sp³-hybridized carbons (Fsp3) is 0.571. The van der Waals surface area contributed by atoms with E-state index in [0.717, 1.165) is 24.5 Å². The average Bonchev–Trinajstić information content (AvgIpc) is 2.37. The van der Waals surface area contributed by atoms with Crippen molar-refractivity contribution in [2.24, 2.45) is 5.73 Å². The van der Waals surface area contributed by atoms with E-state index in [9.17, 15) is 4.79 Å². The zero-order valence-electron chi connectivity index (χ0n) is 12.2. The van der Waals surface area contributed by atoms with E-state index in [4.69, 9.17) is 5.73 Å². The second-order valence-electron chi connectivity index (χ2n) is 5.10. The number of hydrogen-bond donors (Lipinski definition) is 2. The normalized spacial score (nSPS) is 11.2. The lowest BCUT2D eigenvalue weighted by Crippen LogP contribution is -2.48. The number of rotatable bonds is 6. The van der Waals surface area contributed by atoms with E-state index in [0.29, 0.717) is 6.54 Å². The molecule has 0 saturated heterocycles. The van der Waals surface area contributed by atoms with Crippen LogP contribution in [0.2, 0.25) is 0 Å². The van der Waals surface area contributed by atoms with Gasteiger partial charge in [-0.3, -0.25) is 4.79 Å². The molecule has 0 radical (unpaired) electrons. The first-order valence-electron chi connectivity index (χ1n) is 6.65. The SMILES string of the molecule is CCN(CC)c1ccc(CNC(=O)C(C)(C)N)cn1.